The first-order valence-electron chi connectivity index (χ1n) is 10.0. The number of carbonyl (C=O) groups excluding carboxylic acids is 1. The summed E-state index contributed by atoms with van der Waals surface area (Å²) < 4.78 is 5.33. The second kappa shape index (κ2) is 8.91. The summed E-state index contributed by atoms with van der Waals surface area (Å²) in [4.78, 5) is 24.3. The Morgan fingerprint density at radius 1 is 0.920 bits per heavy atom. The van der Waals surface area contributed by atoms with Gasteiger partial charge < -0.3 is 15.2 Å². The van der Waals surface area contributed by atoms with Crippen molar-refractivity contribution in [1.82, 2.24) is 5.32 Å². The molecule has 0 heterocycles. The number of amides is 1. The van der Waals surface area contributed by atoms with Crippen LogP contribution in [0.3, 0.4) is 0 Å². The molecule has 2 aliphatic carbocycles. The Morgan fingerprint density at radius 2 is 1.36 bits per heavy atom. The summed E-state index contributed by atoms with van der Waals surface area (Å²) in [6, 6.07) is -0.846. The Kier molecular flexibility index (Phi) is 7.14. The first-order chi connectivity index (χ1) is 11.8. The van der Waals surface area contributed by atoms with Crippen LogP contribution in [0.2, 0.25) is 0 Å². The molecule has 5 nitrogen and oxygen atoms in total. The predicted molar refractivity (Wildman–Crippen MR) is 97.4 cm³/mol. The molecule has 2 rings (SSSR count). The third kappa shape index (κ3) is 6.19. The van der Waals surface area contributed by atoms with Crippen LogP contribution in [-0.2, 0) is 9.53 Å². The van der Waals surface area contributed by atoms with E-state index in [4.69, 9.17) is 4.74 Å². The highest BCUT2D eigenvalue weighted by Gasteiger charge is 2.41. The average Bonchev–Trinajstić information content (AvgIpc) is 2.54. The fourth-order valence-corrected chi connectivity index (χ4v) is 4.72. The highest BCUT2D eigenvalue weighted by Crippen LogP contribution is 2.41. The number of hydrogen-bond acceptors (Lipinski definition) is 3. The van der Waals surface area contributed by atoms with Gasteiger partial charge in [0, 0.05) is 0 Å². The Bertz CT molecular complexity index is 427. The van der Waals surface area contributed by atoms with Gasteiger partial charge in [0.05, 0.1) is 0 Å². The summed E-state index contributed by atoms with van der Waals surface area (Å²) in [6.07, 6.45) is 10.9. The number of carboxylic acid groups (broad SMARTS) is 1. The number of carbonyl (C=O) groups is 2. The third-order valence-corrected chi connectivity index (χ3v) is 5.71. The number of aliphatic carboxylic acids is 1. The van der Waals surface area contributed by atoms with E-state index in [-0.39, 0.29) is 5.92 Å². The van der Waals surface area contributed by atoms with E-state index in [0.29, 0.717) is 11.8 Å². The van der Waals surface area contributed by atoms with Crippen molar-refractivity contribution in [2.75, 3.05) is 0 Å². The minimum absolute atomic E-state index is 0.0191. The van der Waals surface area contributed by atoms with Crippen LogP contribution >= 0.6 is 0 Å². The second-order valence-electron chi connectivity index (χ2n) is 8.84. The number of rotatable bonds is 5. The van der Waals surface area contributed by atoms with E-state index < -0.39 is 23.7 Å². The van der Waals surface area contributed by atoms with Gasteiger partial charge in [-0.15, -0.1) is 0 Å². The van der Waals surface area contributed by atoms with Gasteiger partial charge in [-0.3, -0.25) is 0 Å². The van der Waals surface area contributed by atoms with Gasteiger partial charge in [0.15, 0.2) is 0 Å². The normalized spacial score (nSPS) is 21.8. The van der Waals surface area contributed by atoms with Crippen LogP contribution in [0.25, 0.3) is 0 Å². The van der Waals surface area contributed by atoms with E-state index in [1.807, 2.05) is 0 Å². The highest BCUT2D eigenvalue weighted by atomic mass is 16.6. The van der Waals surface area contributed by atoms with Crippen LogP contribution in [0, 0.1) is 17.8 Å². The largest absolute Gasteiger partial charge is 0.480 e. The fourth-order valence-electron chi connectivity index (χ4n) is 4.72. The zero-order valence-electron chi connectivity index (χ0n) is 16.1. The summed E-state index contributed by atoms with van der Waals surface area (Å²) in [5.41, 5.74) is -0.627. The monoisotopic (exact) mass is 353 g/mol. The minimum Gasteiger partial charge on any atom is -0.480 e. The molecule has 2 fully saturated rings. The molecule has 0 spiro atoms. The zero-order chi connectivity index (χ0) is 18.4. The lowest BCUT2D eigenvalue weighted by atomic mass is 9.66. The molecule has 2 N–H and O–H groups in total. The summed E-state index contributed by atoms with van der Waals surface area (Å²) in [6.45, 7) is 5.38. The molecule has 1 amide bonds. The molecule has 5 heteroatoms. The van der Waals surface area contributed by atoms with Gasteiger partial charge in [0.2, 0.25) is 0 Å². The summed E-state index contributed by atoms with van der Waals surface area (Å²) in [5.74, 6) is -0.113. The van der Waals surface area contributed by atoms with Crippen molar-refractivity contribution in [1.29, 1.82) is 0 Å². The van der Waals surface area contributed by atoms with E-state index in [0.717, 1.165) is 25.7 Å². The Morgan fingerprint density at radius 3 is 1.72 bits per heavy atom. The Balaban J connectivity index is 2.16. The highest BCUT2D eigenvalue weighted by molar-refractivity contribution is 5.80. The van der Waals surface area contributed by atoms with Gasteiger partial charge in [-0.2, -0.15) is 0 Å². The molecule has 0 unspecified atom stereocenters. The van der Waals surface area contributed by atoms with Gasteiger partial charge in [-0.25, -0.2) is 9.59 Å². The molecular formula is C20H35NO4. The summed E-state index contributed by atoms with van der Waals surface area (Å²) in [7, 11) is 0. The number of hydrogen-bond donors (Lipinski definition) is 2. The van der Waals surface area contributed by atoms with E-state index >= 15 is 0 Å². The Hall–Kier alpha value is -1.26. The molecule has 2 saturated carbocycles. The summed E-state index contributed by atoms with van der Waals surface area (Å²) >= 11 is 0. The SMILES string of the molecule is CC(C)(C)OC(=O)N[C@@H](C(=O)O)C(C1CCCCC1)C1CCCCC1. The number of nitrogens with one attached hydrogen (secondary N) is 1. The molecule has 0 aromatic heterocycles. The molecule has 0 aliphatic heterocycles. The van der Waals surface area contributed by atoms with Crippen molar-refractivity contribution in [2.24, 2.45) is 17.8 Å². The van der Waals surface area contributed by atoms with Crippen molar-refractivity contribution in [2.45, 2.75) is 96.6 Å². The van der Waals surface area contributed by atoms with Crippen LogP contribution in [0.15, 0.2) is 0 Å². The zero-order valence-corrected chi connectivity index (χ0v) is 16.1. The smallest absolute Gasteiger partial charge is 0.408 e. The lowest BCUT2D eigenvalue weighted by Crippen LogP contribution is -2.52. The molecular weight excluding hydrogens is 318 g/mol. The molecule has 0 radical (unpaired) electrons. The second-order valence-corrected chi connectivity index (χ2v) is 8.84. The van der Waals surface area contributed by atoms with Gasteiger partial charge in [-0.1, -0.05) is 64.2 Å². The topological polar surface area (TPSA) is 75.6 Å². The predicted octanol–water partition coefficient (Wildman–Crippen LogP) is 4.74. The molecule has 0 aromatic carbocycles. The molecule has 1 atom stereocenters. The maximum absolute atomic E-state index is 12.2. The standard InChI is InChI=1S/C20H35NO4/c1-20(2,3)25-19(24)21-17(18(22)23)16(14-10-6-4-7-11-14)15-12-8-5-9-13-15/h14-17H,4-13H2,1-3H3,(H,21,24)(H,22,23)/t17-/m1/s1. The van der Waals surface area contributed by atoms with Crippen molar-refractivity contribution in [3.63, 3.8) is 0 Å². The van der Waals surface area contributed by atoms with E-state index in [1.54, 1.807) is 20.8 Å². The molecule has 2 aliphatic rings. The quantitative estimate of drug-likeness (QED) is 0.748. The lowest BCUT2D eigenvalue weighted by Gasteiger charge is -2.41. The molecule has 0 bridgehead atoms. The maximum atomic E-state index is 12.2. The number of alkyl carbamates (subject to hydrolysis) is 1. The first-order valence-corrected chi connectivity index (χ1v) is 10.0. The first kappa shape index (κ1) is 20.1. The molecule has 0 aromatic rings. The van der Waals surface area contributed by atoms with Crippen LogP contribution < -0.4 is 5.32 Å². The van der Waals surface area contributed by atoms with E-state index in [9.17, 15) is 14.7 Å². The van der Waals surface area contributed by atoms with Crippen molar-refractivity contribution in [3.05, 3.63) is 0 Å². The molecule has 144 valence electrons. The maximum Gasteiger partial charge on any atom is 0.408 e. The number of carboxylic acids is 1. The lowest BCUT2D eigenvalue weighted by molar-refractivity contribution is -0.143. The van der Waals surface area contributed by atoms with Crippen molar-refractivity contribution >= 4 is 12.1 Å². The fraction of sp³-hybridized carbons (Fsp3) is 0.900. The van der Waals surface area contributed by atoms with Crippen LogP contribution in [0.4, 0.5) is 4.79 Å². The van der Waals surface area contributed by atoms with Gasteiger partial charge in [0.1, 0.15) is 11.6 Å². The Labute approximate surface area is 151 Å². The molecule has 25 heavy (non-hydrogen) atoms. The minimum atomic E-state index is -0.924. The van der Waals surface area contributed by atoms with Gasteiger partial charge in [-0.05, 0) is 38.5 Å². The summed E-state index contributed by atoms with van der Waals surface area (Å²) in [5, 5.41) is 12.6. The average molecular weight is 354 g/mol. The number of ether oxygens (including phenoxy) is 1. The van der Waals surface area contributed by atoms with Crippen molar-refractivity contribution in [3.8, 4) is 0 Å². The van der Waals surface area contributed by atoms with E-state index in [2.05, 4.69) is 5.32 Å². The van der Waals surface area contributed by atoms with Gasteiger partial charge in [0.25, 0.3) is 0 Å². The van der Waals surface area contributed by atoms with Crippen LogP contribution in [0.5, 0.6) is 0 Å². The van der Waals surface area contributed by atoms with Gasteiger partial charge >= 0.3 is 12.1 Å². The molecule has 0 saturated heterocycles. The van der Waals surface area contributed by atoms with Crippen LogP contribution in [-0.4, -0.2) is 28.8 Å². The van der Waals surface area contributed by atoms with E-state index in [1.165, 1.54) is 38.5 Å². The third-order valence-electron chi connectivity index (χ3n) is 5.71. The van der Waals surface area contributed by atoms with Crippen LogP contribution in [0.1, 0.15) is 85.0 Å². The van der Waals surface area contributed by atoms with Crippen molar-refractivity contribution < 1.29 is 19.4 Å².